The van der Waals surface area contributed by atoms with Gasteiger partial charge in [-0.2, -0.15) is 0 Å². The maximum atomic E-state index is 10.7. The van der Waals surface area contributed by atoms with Crippen molar-refractivity contribution in [3.63, 3.8) is 0 Å². The number of hydrogen-bond acceptors (Lipinski definition) is 4. The van der Waals surface area contributed by atoms with Crippen molar-refractivity contribution in [3.8, 4) is 0 Å². The summed E-state index contributed by atoms with van der Waals surface area (Å²) in [5, 5.41) is 11.7. The van der Waals surface area contributed by atoms with E-state index in [2.05, 4.69) is 10.3 Å². The number of nitrogens with one attached hydrogen (secondary N) is 1. The molecular weight excluding hydrogens is 184 g/mol. The molecule has 1 aliphatic rings. The average molecular weight is 196 g/mol. The van der Waals surface area contributed by atoms with Crippen LogP contribution in [0.5, 0.6) is 0 Å². The molecule has 6 nitrogen and oxygen atoms in total. The first-order chi connectivity index (χ1) is 6.59. The Hall–Kier alpha value is -1.56. The van der Waals surface area contributed by atoms with E-state index >= 15 is 0 Å². The molecule has 76 valence electrons. The third-order valence-electron chi connectivity index (χ3n) is 2.54. The minimum atomic E-state index is -0.847. The number of hydrogen-bond donors (Lipinski definition) is 3. The molecule has 0 spiro atoms. The number of aliphatic carboxylic acids is 1. The molecule has 1 aromatic heterocycles. The molecule has 1 aromatic rings. The van der Waals surface area contributed by atoms with Crippen molar-refractivity contribution in [2.75, 3.05) is 5.73 Å². The number of imidazole rings is 1. The van der Waals surface area contributed by atoms with Gasteiger partial charge in [0, 0.05) is 20.0 Å². The summed E-state index contributed by atoms with van der Waals surface area (Å²) < 4.78 is 1.78. The maximum Gasteiger partial charge on any atom is 0.321 e. The molecule has 0 radical (unpaired) electrons. The van der Waals surface area contributed by atoms with E-state index in [4.69, 9.17) is 10.8 Å². The standard InChI is InChI=1S/C8H12N4O2/c1-12-6-3-10-5(7(13)14)2-4(6)11-8(12)9/h5,10H,2-3H2,1H3,(H2,9,11)(H,13,14). The summed E-state index contributed by atoms with van der Waals surface area (Å²) in [6.07, 6.45) is 0.399. The lowest BCUT2D eigenvalue weighted by molar-refractivity contribution is -0.139. The molecule has 14 heavy (non-hydrogen) atoms. The summed E-state index contributed by atoms with van der Waals surface area (Å²) in [5.74, 6) is -0.414. The summed E-state index contributed by atoms with van der Waals surface area (Å²) >= 11 is 0. The van der Waals surface area contributed by atoms with Gasteiger partial charge in [-0.1, -0.05) is 0 Å². The monoisotopic (exact) mass is 196 g/mol. The van der Waals surface area contributed by atoms with Gasteiger partial charge in [-0.05, 0) is 0 Å². The van der Waals surface area contributed by atoms with Gasteiger partial charge in [0.1, 0.15) is 6.04 Å². The number of carboxylic acids is 1. The molecule has 0 fully saturated rings. The number of nitrogens with zero attached hydrogens (tertiary/aromatic N) is 2. The van der Waals surface area contributed by atoms with Crippen molar-refractivity contribution in [1.29, 1.82) is 0 Å². The topological polar surface area (TPSA) is 93.2 Å². The quantitative estimate of drug-likeness (QED) is 0.541. The second kappa shape index (κ2) is 2.98. The lowest BCUT2D eigenvalue weighted by Crippen LogP contribution is -2.42. The first kappa shape index (κ1) is 9.01. The predicted octanol–water partition coefficient (Wildman–Crippen LogP) is -0.899. The second-order valence-corrected chi connectivity index (χ2v) is 3.40. The molecule has 1 atom stereocenters. The molecule has 0 bridgehead atoms. The smallest absolute Gasteiger partial charge is 0.321 e. The Morgan fingerprint density at radius 2 is 2.50 bits per heavy atom. The summed E-state index contributed by atoms with van der Waals surface area (Å²) in [5.41, 5.74) is 7.38. The van der Waals surface area contributed by atoms with Crippen molar-refractivity contribution in [2.24, 2.45) is 7.05 Å². The molecule has 0 amide bonds. The molecular formula is C8H12N4O2. The van der Waals surface area contributed by atoms with Gasteiger partial charge >= 0.3 is 5.97 Å². The number of carboxylic acid groups (broad SMARTS) is 1. The highest BCUT2D eigenvalue weighted by molar-refractivity contribution is 5.74. The maximum absolute atomic E-state index is 10.7. The Morgan fingerprint density at radius 3 is 3.14 bits per heavy atom. The van der Waals surface area contributed by atoms with E-state index in [1.54, 1.807) is 4.57 Å². The highest BCUT2D eigenvalue weighted by Crippen LogP contribution is 2.18. The Balaban J connectivity index is 2.31. The molecule has 0 saturated heterocycles. The molecule has 0 aromatic carbocycles. The van der Waals surface area contributed by atoms with Gasteiger partial charge in [0.25, 0.3) is 0 Å². The summed E-state index contributed by atoms with van der Waals surface area (Å²) in [4.78, 5) is 14.8. The van der Waals surface area contributed by atoms with Gasteiger partial charge in [-0.25, -0.2) is 4.98 Å². The summed E-state index contributed by atoms with van der Waals surface area (Å²) in [6, 6.07) is -0.545. The van der Waals surface area contributed by atoms with Gasteiger partial charge in [-0.3, -0.25) is 10.1 Å². The van der Waals surface area contributed by atoms with Crippen molar-refractivity contribution >= 4 is 11.9 Å². The Bertz CT molecular complexity index is 385. The number of nitrogen functional groups attached to an aromatic ring is 1. The third kappa shape index (κ3) is 1.24. The van der Waals surface area contributed by atoms with Crippen LogP contribution in [0, 0.1) is 0 Å². The lowest BCUT2D eigenvalue weighted by atomic mass is 10.1. The lowest BCUT2D eigenvalue weighted by Gasteiger charge is -2.19. The van der Waals surface area contributed by atoms with Crippen LogP contribution in [0.15, 0.2) is 0 Å². The van der Waals surface area contributed by atoms with Crippen molar-refractivity contribution in [1.82, 2.24) is 14.9 Å². The van der Waals surface area contributed by atoms with Gasteiger partial charge in [0.2, 0.25) is 0 Å². The van der Waals surface area contributed by atoms with Crippen LogP contribution in [0.4, 0.5) is 5.95 Å². The van der Waals surface area contributed by atoms with Crippen LogP contribution < -0.4 is 11.1 Å². The molecule has 4 N–H and O–H groups in total. The van der Waals surface area contributed by atoms with Crippen molar-refractivity contribution in [3.05, 3.63) is 11.4 Å². The fourth-order valence-electron chi connectivity index (χ4n) is 1.65. The van der Waals surface area contributed by atoms with Crippen LogP contribution in [0.25, 0.3) is 0 Å². The molecule has 0 aliphatic carbocycles. The number of anilines is 1. The molecule has 2 heterocycles. The van der Waals surface area contributed by atoms with Crippen molar-refractivity contribution < 1.29 is 9.90 Å². The molecule has 1 unspecified atom stereocenters. The normalized spacial score (nSPS) is 20.5. The van der Waals surface area contributed by atoms with Crippen LogP contribution >= 0.6 is 0 Å². The zero-order valence-electron chi connectivity index (χ0n) is 7.82. The minimum Gasteiger partial charge on any atom is -0.480 e. The molecule has 2 rings (SSSR count). The predicted molar refractivity (Wildman–Crippen MR) is 49.6 cm³/mol. The Morgan fingerprint density at radius 1 is 1.79 bits per heavy atom. The van der Waals surface area contributed by atoms with E-state index in [0.717, 1.165) is 11.4 Å². The number of rotatable bonds is 1. The van der Waals surface area contributed by atoms with E-state index in [1.807, 2.05) is 7.05 Å². The van der Waals surface area contributed by atoms with Crippen molar-refractivity contribution in [2.45, 2.75) is 19.0 Å². The number of fused-ring (bicyclic) bond motifs is 1. The fraction of sp³-hybridized carbons (Fsp3) is 0.500. The first-order valence-electron chi connectivity index (χ1n) is 4.35. The SMILES string of the molecule is Cn1c(N)nc2c1CNC(C(=O)O)C2. The zero-order chi connectivity index (χ0) is 10.3. The van der Waals surface area contributed by atoms with E-state index in [9.17, 15) is 4.79 Å². The molecule has 1 aliphatic heterocycles. The number of carbonyl (C=O) groups is 1. The van der Waals surface area contributed by atoms with E-state index in [0.29, 0.717) is 18.9 Å². The summed E-state index contributed by atoms with van der Waals surface area (Å²) in [6.45, 7) is 0.507. The van der Waals surface area contributed by atoms with Crippen LogP contribution in [0.3, 0.4) is 0 Å². The highest BCUT2D eigenvalue weighted by Gasteiger charge is 2.27. The largest absolute Gasteiger partial charge is 0.480 e. The van der Waals surface area contributed by atoms with Crippen LogP contribution in [-0.4, -0.2) is 26.7 Å². The minimum absolute atomic E-state index is 0.399. The highest BCUT2D eigenvalue weighted by atomic mass is 16.4. The van der Waals surface area contributed by atoms with Crippen LogP contribution in [0.2, 0.25) is 0 Å². The average Bonchev–Trinajstić information content (AvgIpc) is 2.42. The van der Waals surface area contributed by atoms with Gasteiger partial charge < -0.3 is 15.4 Å². The van der Waals surface area contributed by atoms with E-state index in [-0.39, 0.29) is 0 Å². The van der Waals surface area contributed by atoms with E-state index < -0.39 is 12.0 Å². The second-order valence-electron chi connectivity index (χ2n) is 3.40. The number of nitrogens with two attached hydrogens (primary N) is 1. The molecule has 6 heteroatoms. The van der Waals surface area contributed by atoms with Crippen LogP contribution in [-0.2, 0) is 24.8 Å². The first-order valence-corrected chi connectivity index (χ1v) is 4.35. The Labute approximate surface area is 80.7 Å². The Kier molecular flexibility index (Phi) is 1.92. The number of aromatic nitrogens is 2. The molecule has 0 saturated carbocycles. The third-order valence-corrected chi connectivity index (χ3v) is 2.54. The fourth-order valence-corrected chi connectivity index (χ4v) is 1.65. The summed E-state index contributed by atoms with van der Waals surface area (Å²) in [7, 11) is 1.82. The van der Waals surface area contributed by atoms with Crippen LogP contribution in [0.1, 0.15) is 11.4 Å². The van der Waals surface area contributed by atoms with Gasteiger partial charge in [0.05, 0.1) is 11.4 Å². The van der Waals surface area contributed by atoms with Gasteiger partial charge in [-0.15, -0.1) is 0 Å². The van der Waals surface area contributed by atoms with E-state index in [1.165, 1.54) is 0 Å². The van der Waals surface area contributed by atoms with Gasteiger partial charge in [0.15, 0.2) is 5.95 Å². The zero-order valence-corrected chi connectivity index (χ0v) is 7.82.